The van der Waals surface area contributed by atoms with Gasteiger partial charge in [-0.05, 0) is 37.4 Å². The van der Waals surface area contributed by atoms with E-state index in [1.807, 2.05) is 0 Å². The van der Waals surface area contributed by atoms with Gasteiger partial charge in [-0.1, -0.05) is 13.8 Å². The normalized spacial score (nSPS) is 10.6. The first kappa shape index (κ1) is 16.7. The van der Waals surface area contributed by atoms with Crippen molar-refractivity contribution in [2.24, 2.45) is 0 Å². The summed E-state index contributed by atoms with van der Waals surface area (Å²) in [7, 11) is 0. The molecule has 0 aliphatic rings. The third kappa shape index (κ3) is 4.65. The van der Waals surface area contributed by atoms with Gasteiger partial charge >= 0.3 is 5.91 Å². The Morgan fingerprint density at radius 2 is 1.70 bits per heavy atom. The number of carbonyl (C=O) groups excluding carboxylic acids is 2. The van der Waals surface area contributed by atoms with Crippen LogP contribution in [-0.2, 0) is 6.54 Å². The second kappa shape index (κ2) is 8.09. The SMILES string of the molecule is CCN(CC)Cc1ccc(C(=O)NNC(=O)c2ccncc2)o1. The summed E-state index contributed by atoms with van der Waals surface area (Å²) in [6, 6.07) is 6.46. The molecule has 0 atom stereocenters. The van der Waals surface area contributed by atoms with E-state index in [-0.39, 0.29) is 5.76 Å². The highest BCUT2D eigenvalue weighted by Gasteiger charge is 2.14. The van der Waals surface area contributed by atoms with Crippen LogP contribution in [0.3, 0.4) is 0 Å². The lowest BCUT2D eigenvalue weighted by Gasteiger charge is -2.15. The number of hydrogen-bond donors (Lipinski definition) is 2. The van der Waals surface area contributed by atoms with Crippen molar-refractivity contribution in [2.45, 2.75) is 20.4 Å². The smallest absolute Gasteiger partial charge is 0.305 e. The summed E-state index contributed by atoms with van der Waals surface area (Å²) in [5.74, 6) is -0.0598. The van der Waals surface area contributed by atoms with Gasteiger partial charge < -0.3 is 4.42 Å². The van der Waals surface area contributed by atoms with Gasteiger partial charge in [0.1, 0.15) is 5.76 Å². The number of rotatable bonds is 6. The van der Waals surface area contributed by atoms with Crippen molar-refractivity contribution in [3.8, 4) is 0 Å². The summed E-state index contributed by atoms with van der Waals surface area (Å²) >= 11 is 0. The van der Waals surface area contributed by atoms with Gasteiger partial charge in [-0.2, -0.15) is 0 Å². The van der Waals surface area contributed by atoms with Gasteiger partial charge in [0.15, 0.2) is 5.76 Å². The van der Waals surface area contributed by atoms with Crippen LogP contribution in [0.4, 0.5) is 0 Å². The zero-order chi connectivity index (χ0) is 16.7. The minimum atomic E-state index is -0.502. The Labute approximate surface area is 134 Å². The minimum absolute atomic E-state index is 0.155. The summed E-state index contributed by atoms with van der Waals surface area (Å²) in [5.41, 5.74) is 5.06. The van der Waals surface area contributed by atoms with Crippen molar-refractivity contribution in [3.05, 3.63) is 53.7 Å². The fraction of sp³-hybridized carbons (Fsp3) is 0.312. The lowest BCUT2D eigenvalue weighted by molar-refractivity contribution is 0.0829. The van der Waals surface area contributed by atoms with E-state index in [0.717, 1.165) is 13.1 Å². The summed E-state index contributed by atoms with van der Waals surface area (Å²) in [6.45, 7) is 6.58. The van der Waals surface area contributed by atoms with E-state index < -0.39 is 11.8 Å². The predicted octanol–water partition coefficient (Wildman–Crippen LogP) is 1.59. The number of nitrogens with zero attached hydrogens (tertiary/aromatic N) is 2. The molecule has 0 spiro atoms. The number of aromatic nitrogens is 1. The van der Waals surface area contributed by atoms with Crippen LogP contribution in [0, 0.1) is 0 Å². The maximum Gasteiger partial charge on any atom is 0.305 e. The number of pyridine rings is 1. The van der Waals surface area contributed by atoms with E-state index in [1.54, 1.807) is 24.3 Å². The highest BCUT2D eigenvalue weighted by molar-refractivity contribution is 5.97. The van der Waals surface area contributed by atoms with Crippen LogP contribution in [0.1, 0.15) is 40.5 Å². The average molecular weight is 316 g/mol. The standard InChI is InChI=1S/C16H20N4O3/c1-3-20(4-2)11-13-5-6-14(23-13)16(22)19-18-15(21)12-7-9-17-10-8-12/h5-10H,3-4,11H2,1-2H3,(H,18,21)(H,19,22). The molecule has 0 fully saturated rings. The summed E-state index contributed by atoms with van der Waals surface area (Å²) in [6.07, 6.45) is 3.01. The van der Waals surface area contributed by atoms with E-state index in [1.165, 1.54) is 12.4 Å². The van der Waals surface area contributed by atoms with E-state index in [4.69, 9.17) is 4.42 Å². The first-order valence-electron chi connectivity index (χ1n) is 7.45. The van der Waals surface area contributed by atoms with Crippen molar-refractivity contribution in [3.63, 3.8) is 0 Å². The molecule has 0 saturated heterocycles. The van der Waals surface area contributed by atoms with Crippen LogP contribution in [0.5, 0.6) is 0 Å². The van der Waals surface area contributed by atoms with Crippen molar-refractivity contribution >= 4 is 11.8 Å². The van der Waals surface area contributed by atoms with Crippen LogP contribution in [0.2, 0.25) is 0 Å². The number of furan rings is 1. The molecule has 0 bridgehead atoms. The molecule has 0 saturated carbocycles. The molecule has 2 heterocycles. The maximum atomic E-state index is 12.0. The molecule has 2 aromatic rings. The largest absolute Gasteiger partial charge is 0.454 e. The molecule has 0 aliphatic heterocycles. The first-order valence-corrected chi connectivity index (χ1v) is 7.45. The second-order valence-electron chi connectivity index (χ2n) is 4.87. The highest BCUT2D eigenvalue weighted by atomic mass is 16.4. The van der Waals surface area contributed by atoms with Crippen molar-refractivity contribution in [1.29, 1.82) is 0 Å². The third-order valence-corrected chi connectivity index (χ3v) is 3.39. The Kier molecular flexibility index (Phi) is 5.87. The number of hydrogen-bond acceptors (Lipinski definition) is 5. The number of amides is 2. The number of carbonyl (C=O) groups is 2. The quantitative estimate of drug-likeness (QED) is 0.790. The summed E-state index contributed by atoms with van der Waals surface area (Å²) in [5, 5.41) is 0. The van der Waals surface area contributed by atoms with Gasteiger partial charge in [0.2, 0.25) is 0 Å². The fourth-order valence-electron chi connectivity index (χ4n) is 2.00. The first-order chi connectivity index (χ1) is 11.1. The van der Waals surface area contributed by atoms with Gasteiger partial charge in [-0.15, -0.1) is 0 Å². The topological polar surface area (TPSA) is 87.5 Å². The van der Waals surface area contributed by atoms with E-state index in [2.05, 4.69) is 34.6 Å². The van der Waals surface area contributed by atoms with Gasteiger partial charge in [0, 0.05) is 18.0 Å². The predicted molar refractivity (Wildman–Crippen MR) is 84.5 cm³/mol. The summed E-state index contributed by atoms with van der Waals surface area (Å²) < 4.78 is 5.50. The highest BCUT2D eigenvalue weighted by Crippen LogP contribution is 2.10. The van der Waals surface area contributed by atoms with Crippen LogP contribution >= 0.6 is 0 Å². The Balaban J connectivity index is 1.89. The van der Waals surface area contributed by atoms with Gasteiger partial charge in [0.25, 0.3) is 5.91 Å². The molecule has 7 nitrogen and oxygen atoms in total. The van der Waals surface area contributed by atoms with E-state index in [0.29, 0.717) is 17.9 Å². The average Bonchev–Trinajstić information content (AvgIpc) is 3.06. The summed E-state index contributed by atoms with van der Waals surface area (Å²) in [4.78, 5) is 29.8. The van der Waals surface area contributed by atoms with Crippen molar-refractivity contribution in [1.82, 2.24) is 20.7 Å². The molecule has 0 unspecified atom stereocenters. The second-order valence-corrected chi connectivity index (χ2v) is 4.87. The molecule has 2 aromatic heterocycles. The van der Waals surface area contributed by atoms with Crippen LogP contribution in [0.15, 0.2) is 41.1 Å². The molecule has 7 heteroatoms. The lowest BCUT2D eigenvalue weighted by Crippen LogP contribution is -2.41. The molecule has 23 heavy (non-hydrogen) atoms. The molecular formula is C16H20N4O3. The monoisotopic (exact) mass is 316 g/mol. The fourth-order valence-corrected chi connectivity index (χ4v) is 2.00. The molecule has 2 amide bonds. The van der Waals surface area contributed by atoms with E-state index >= 15 is 0 Å². The van der Waals surface area contributed by atoms with Crippen LogP contribution in [-0.4, -0.2) is 34.8 Å². The molecule has 0 radical (unpaired) electrons. The number of hydrazine groups is 1. The van der Waals surface area contributed by atoms with Crippen molar-refractivity contribution in [2.75, 3.05) is 13.1 Å². The third-order valence-electron chi connectivity index (χ3n) is 3.39. The molecule has 2 rings (SSSR count). The minimum Gasteiger partial charge on any atom is -0.454 e. The number of nitrogens with one attached hydrogen (secondary N) is 2. The van der Waals surface area contributed by atoms with Crippen LogP contribution in [0.25, 0.3) is 0 Å². The Morgan fingerprint density at radius 1 is 1.04 bits per heavy atom. The lowest BCUT2D eigenvalue weighted by atomic mass is 10.3. The Morgan fingerprint density at radius 3 is 2.35 bits per heavy atom. The molecular weight excluding hydrogens is 296 g/mol. The van der Waals surface area contributed by atoms with Gasteiger partial charge in [-0.3, -0.25) is 30.3 Å². The van der Waals surface area contributed by atoms with Crippen molar-refractivity contribution < 1.29 is 14.0 Å². The van der Waals surface area contributed by atoms with Crippen LogP contribution < -0.4 is 10.9 Å². The Bertz CT molecular complexity index is 650. The molecule has 122 valence electrons. The molecule has 2 N–H and O–H groups in total. The molecule has 0 aliphatic carbocycles. The maximum absolute atomic E-state index is 12.0. The zero-order valence-electron chi connectivity index (χ0n) is 13.2. The zero-order valence-corrected chi connectivity index (χ0v) is 13.2. The Hall–Kier alpha value is -2.67. The van der Waals surface area contributed by atoms with Gasteiger partial charge in [0.05, 0.1) is 6.54 Å². The van der Waals surface area contributed by atoms with E-state index in [9.17, 15) is 9.59 Å². The van der Waals surface area contributed by atoms with Gasteiger partial charge in [-0.25, -0.2) is 0 Å². The molecule has 0 aromatic carbocycles.